The standard InChI is InChI=1S/C17H21N3O2/c1-11(2)19-16-13(6-5-9-18-16)17(21)20-14-10-12(3)7-8-15(14)22-4/h5-11H,1-4H3,(H,18,19)(H,20,21). The van der Waals surface area contributed by atoms with Crippen molar-refractivity contribution in [1.82, 2.24) is 4.98 Å². The molecule has 5 heteroatoms. The van der Waals surface area contributed by atoms with E-state index in [0.29, 0.717) is 22.8 Å². The Bertz CT molecular complexity index is 669. The predicted octanol–water partition coefficient (Wildman–Crippen LogP) is 3.47. The quantitative estimate of drug-likeness (QED) is 0.887. The van der Waals surface area contributed by atoms with Gasteiger partial charge in [-0.2, -0.15) is 0 Å². The van der Waals surface area contributed by atoms with Crippen molar-refractivity contribution in [2.45, 2.75) is 26.8 Å². The number of aryl methyl sites for hydroxylation is 1. The highest BCUT2D eigenvalue weighted by Crippen LogP contribution is 2.26. The van der Waals surface area contributed by atoms with Gasteiger partial charge in [0.1, 0.15) is 11.6 Å². The summed E-state index contributed by atoms with van der Waals surface area (Å²) in [5, 5.41) is 6.07. The second-order valence-electron chi connectivity index (χ2n) is 5.36. The molecule has 2 aromatic rings. The van der Waals surface area contributed by atoms with Gasteiger partial charge in [0.25, 0.3) is 5.91 Å². The SMILES string of the molecule is COc1ccc(C)cc1NC(=O)c1cccnc1NC(C)C. The van der Waals surface area contributed by atoms with Crippen molar-refractivity contribution in [3.8, 4) is 5.75 Å². The zero-order valence-corrected chi connectivity index (χ0v) is 13.3. The summed E-state index contributed by atoms with van der Waals surface area (Å²) < 4.78 is 5.29. The fourth-order valence-electron chi connectivity index (χ4n) is 2.09. The van der Waals surface area contributed by atoms with Crippen LogP contribution in [0.5, 0.6) is 5.75 Å². The molecule has 0 atom stereocenters. The molecule has 0 radical (unpaired) electrons. The molecule has 0 bridgehead atoms. The molecule has 1 amide bonds. The summed E-state index contributed by atoms with van der Waals surface area (Å²) in [5.41, 5.74) is 2.19. The number of aromatic nitrogens is 1. The van der Waals surface area contributed by atoms with Crippen molar-refractivity contribution in [2.24, 2.45) is 0 Å². The van der Waals surface area contributed by atoms with Gasteiger partial charge in [-0.05, 0) is 50.6 Å². The predicted molar refractivity (Wildman–Crippen MR) is 88.7 cm³/mol. The maximum atomic E-state index is 12.5. The maximum absolute atomic E-state index is 12.5. The van der Waals surface area contributed by atoms with E-state index in [1.54, 1.807) is 25.4 Å². The highest BCUT2D eigenvalue weighted by Gasteiger charge is 2.15. The van der Waals surface area contributed by atoms with Gasteiger partial charge in [-0.3, -0.25) is 4.79 Å². The van der Waals surface area contributed by atoms with Gasteiger partial charge >= 0.3 is 0 Å². The molecule has 1 aromatic carbocycles. The Morgan fingerprint density at radius 2 is 2.05 bits per heavy atom. The van der Waals surface area contributed by atoms with Crippen LogP contribution in [0.3, 0.4) is 0 Å². The van der Waals surface area contributed by atoms with Crippen molar-refractivity contribution in [3.05, 3.63) is 47.7 Å². The lowest BCUT2D eigenvalue weighted by Crippen LogP contribution is -2.19. The monoisotopic (exact) mass is 299 g/mol. The summed E-state index contributed by atoms with van der Waals surface area (Å²) in [6.07, 6.45) is 1.66. The Morgan fingerprint density at radius 3 is 2.73 bits per heavy atom. The van der Waals surface area contributed by atoms with E-state index in [1.807, 2.05) is 39.0 Å². The Kier molecular flexibility index (Phi) is 4.99. The minimum absolute atomic E-state index is 0.190. The van der Waals surface area contributed by atoms with Crippen molar-refractivity contribution < 1.29 is 9.53 Å². The van der Waals surface area contributed by atoms with Crippen LogP contribution in [0, 0.1) is 6.92 Å². The first kappa shape index (κ1) is 15.8. The Hall–Kier alpha value is -2.56. The number of hydrogen-bond donors (Lipinski definition) is 2. The second-order valence-corrected chi connectivity index (χ2v) is 5.36. The van der Waals surface area contributed by atoms with E-state index < -0.39 is 0 Å². The molecule has 1 heterocycles. The van der Waals surface area contributed by atoms with Crippen LogP contribution in [0.25, 0.3) is 0 Å². The highest BCUT2D eigenvalue weighted by atomic mass is 16.5. The zero-order chi connectivity index (χ0) is 16.1. The fourth-order valence-corrected chi connectivity index (χ4v) is 2.09. The van der Waals surface area contributed by atoms with Crippen LogP contribution in [-0.2, 0) is 0 Å². The molecule has 0 saturated carbocycles. The van der Waals surface area contributed by atoms with Crippen LogP contribution in [-0.4, -0.2) is 24.0 Å². The number of carbonyl (C=O) groups is 1. The van der Waals surface area contributed by atoms with Gasteiger partial charge in [0.2, 0.25) is 0 Å². The van der Waals surface area contributed by atoms with E-state index in [0.717, 1.165) is 5.56 Å². The molecule has 0 aliphatic rings. The number of pyridine rings is 1. The first-order valence-corrected chi connectivity index (χ1v) is 7.19. The lowest BCUT2D eigenvalue weighted by atomic mass is 10.2. The number of benzene rings is 1. The average molecular weight is 299 g/mol. The van der Waals surface area contributed by atoms with Crippen molar-refractivity contribution >= 4 is 17.4 Å². The Morgan fingerprint density at radius 1 is 1.27 bits per heavy atom. The summed E-state index contributed by atoms with van der Waals surface area (Å²) in [6.45, 7) is 5.96. The molecule has 0 saturated heterocycles. The third kappa shape index (κ3) is 3.75. The average Bonchev–Trinajstić information content (AvgIpc) is 2.47. The van der Waals surface area contributed by atoms with Crippen LogP contribution in [0.4, 0.5) is 11.5 Å². The summed E-state index contributed by atoms with van der Waals surface area (Å²) in [4.78, 5) is 16.8. The number of nitrogens with zero attached hydrogens (tertiary/aromatic N) is 1. The normalized spacial score (nSPS) is 10.4. The molecule has 0 spiro atoms. The van der Waals surface area contributed by atoms with Gasteiger partial charge in [0.15, 0.2) is 0 Å². The molecule has 0 fully saturated rings. The highest BCUT2D eigenvalue weighted by molar-refractivity contribution is 6.08. The molecule has 0 aliphatic heterocycles. The van der Waals surface area contributed by atoms with E-state index in [2.05, 4.69) is 15.6 Å². The minimum Gasteiger partial charge on any atom is -0.495 e. The molecule has 22 heavy (non-hydrogen) atoms. The smallest absolute Gasteiger partial charge is 0.259 e. The van der Waals surface area contributed by atoms with Gasteiger partial charge in [-0.1, -0.05) is 6.07 Å². The number of anilines is 2. The zero-order valence-electron chi connectivity index (χ0n) is 13.3. The molecule has 5 nitrogen and oxygen atoms in total. The number of nitrogens with one attached hydrogen (secondary N) is 2. The van der Waals surface area contributed by atoms with E-state index in [-0.39, 0.29) is 11.9 Å². The molecule has 1 aromatic heterocycles. The molecule has 2 N–H and O–H groups in total. The number of ether oxygens (including phenoxy) is 1. The third-order valence-corrected chi connectivity index (χ3v) is 3.08. The summed E-state index contributed by atoms with van der Waals surface area (Å²) in [5.74, 6) is 0.975. The Labute approximate surface area is 130 Å². The van der Waals surface area contributed by atoms with Crippen molar-refractivity contribution in [3.63, 3.8) is 0 Å². The first-order valence-electron chi connectivity index (χ1n) is 7.19. The third-order valence-electron chi connectivity index (χ3n) is 3.08. The molecular formula is C17H21N3O2. The van der Waals surface area contributed by atoms with Crippen LogP contribution < -0.4 is 15.4 Å². The largest absolute Gasteiger partial charge is 0.495 e. The molecule has 116 valence electrons. The summed E-state index contributed by atoms with van der Waals surface area (Å²) in [7, 11) is 1.58. The molecule has 0 aliphatic carbocycles. The Balaban J connectivity index is 2.28. The minimum atomic E-state index is -0.222. The van der Waals surface area contributed by atoms with Crippen LogP contribution in [0.15, 0.2) is 36.5 Å². The lowest BCUT2D eigenvalue weighted by molar-refractivity contribution is 0.102. The van der Waals surface area contributed by atoms with Gasteiger partial charge in [0, 0.05) is 12.2 Å². The second kappa shape index (κ2) is 6.93. The summed E-state index contributed by atoms with van der Waals surface area (Å²) in [6, 6.07) is 9.33. The number of rotatable bonds is 5. The fraction of sp³-hybridized carbons (Fsp3) is 0.294. The van der Waals surface area contributed by atoms with E-state index in [9.17, 15) is 4.79 Å². The molecular weight excluding hydrogens is 278 g/mol. The van der Waals surface area contributed by atoms with Gasteiger partial charge in [-0.15, -0.1) is 0 Å². The van der Waals surface area contributed by atoms with Gasteiger partial charge in [-0.25, -0.2) is 4.98 Å². The van der Waals surface area contributed by atoms with E-state index >= 15 is 0 Å². The molecule has 2 rings (SSSR count). The maximum Gasteiger partial charge on any atom is 0.259 e. The number of amides is 1. The number of methoxy groups -OCH3 is 1. The van der Waals surface area contributed by atoms with Crippen LogP contribution >= 0.6 is 0 Å². The van der Waals surface area contributed by atoms with Gasteiger partial charge < -0.3 is 15.4 Å². The van der Waals surface area contributed by atoms with E-state index in [1.165, 1.54) is 0 Å². The summed E-state index contributed by atoms with van der Waals surface area (Å²) >= 11 is 0. The number of carbonyl (C=O) groups excluding carboxylic acids is 1. The van der Waals surface area contributed by atoms with Crippen molar-refractivity contribution in [1.29, 1.82) is 0 Å². The lowest BCUT2D eigenvalue weighted by Gasteiger charge is -2.15. The number of hydrogen-bond acceptors (Lipinski definition) is 4. The van der Waals surface area contributed by atoms with Gasteiger partial charge in [0.05, 0.1) is 18.4 Å². The topological polar surface area (TPSA) is 63.2 Å². The first-order chi connectivity index (χ1) is 10.5. The van der Waals surface area contributed by atoms with E-state index in [4.69, 9.17) is 4.74 Å². The van der Waals surface area contributed by atoms with Crippen molar-refractivity contribution in [2.75, 3.05) is 17.7 Å². The molecule has 0 unspecified atom stereocenters. The van der Waals surface area contributed by atoms with Crippen LogP contribution in [0.1, 0.15) is 29.8 Å². The van der Waals surface area contributed by atoms with Crippen LogP contribution in [0.2, 0.25) is 0 Å².